The van der Waals surface area contributed by atoms with Gasteiger partial charge in [-0.1, -0.05) is 217 Å². The van der Waals surface area contributed by atoms with E-state index in [1.807, 2.05) is 24.3 Å². The quantitative estimate of drug-likeness (QED) is 0.0351. The zero-order valence-electron chi connectivity index (χ0n) is 36.9. The van der Waals surface area contributed by atoms with Crippen LogP contribution in [0.4, 0.5) is 0 Å². The first-order valence-corrected chi connectivity index (χ1v) is 24.4. The Hall–Kier alpha value is -2.64. The SMILES string of the molecule is O=C(O)CC(C/C=C/CCCCCCCCCCCCCCCC1CCC(CCCCCCCCCCCCCCC/C=C/CC(CC(=O)O)C(=O)O)CC1)C(=O)O. The molecule has 1 aliphatic rings. The summed E-state index contributed by atoms with van der Waals surface area (Å²) in [7, 11) is 0. The highest BCUT2D eigenvalue weighted by Crippen LogP contribution is 2.35. The first-order valence-electron chi connectivity index (χ1n) is 24.4. The molecule has 8 nitrogen and oxygen atoms in total. The van der Waals surface area contributed by atoms with E-state index < -0.39 is 35.7 Å². The lowest BCUT2D eigenvalue weighted by atomic mass is 9.78. The minimum absolute atomic E-state index is 0.297. The first-order chi connectivity index (χ1) is 28.2. The van der Waals surface area contributed by atoms with Crippen molar-refractivity contribution in [3.05, 3.63) is 24.3 Å². The van der Waals surface area contributed by atoms with Crippen LogP contribution < -0.4 is 0 Å². The molecule has 2 atom stereocenters. The van der Waals surface area contributed by atoms with Gasteiger partial charge in [0.15, 0.2) is 0 Å². The van der Waals surface area contributed by atoms with E-state index in [9.17, 15) is 19.2 Å². The summed E-state index contributed by atoms with van der Waals surface area (Å²) in [6, 6.07) is 0. The van der Waals surface area contributed by atoms with E-state index in [0.717, 1.165) is 37.5 Å². The van der Waals surface area contributed by atoms with Crippen LogP contribution in [0.1, 0.15) is 244 Å². The van der Waals surface area contributed by atoms with E-state index in [1.165, 1.54) is 193 Å². The van der Waals surface area contributed by atoms with Crippen molar-refractivity contribution in [1.29, 1.82) is 0 Å². The third kappa shape index (κ3) is 34.2. The van der Waals surface area contributed by atoms with Gasteiger partial charge >= 0.3 is 23.9 Å². The van der Waals surface area contributed by atoms with Gasteiger partial charge in [-0.25, -0.2) is 0 Å². The van der Waals surface area contributed by atoms with Crippen molar-refractivity contribution in [3.63, 3.8) is 0 Å². The van der Waals surface area contributed by atoms with Crippen LogP contribution >= 0.6 is 0 Å². The predicted octanol–water partition coefficient (Wildman–Crippen LogP) is 14.7. The monoisotopic (exact) mass is 817 g/mol. The minimum atomic E-state index is -1.06. The van der Waals surface area contributed by atoms with E-state index in [0.29, 0.717) is 12.8 Å². The molecule has 2 unspecified atom stereocenters. The normalized spacial score (nSPS) is 16.9. The highest BCUT2D eigenvalue weighted by atomic mass is 16.4. The van der Waals surface area contributed by atoms with Gasteiger partial charge in [-0.3, -0.25) is 19.2 Å². The van der Waals surface area contributed by atoms with Gasteiger partial charge in [0.05, 0.1) is 24.7 Å². The Balaban J connectivity index is 1.78. The van der Waals surface area contributed by atoms with E-state index >= 15 is 0 Å². The van der Waals surface area contributed by atoms with Crippen molar-refractivity contribution in [3.8, 4) is 0 Å². The van der Waals surface area contributed by atoms with Crippen molar-refractivity contribution in [1.82, 2.24) is 0 Å². The van der Waals surface area contributed by atoms with Gasteiger partial charge in [-0.15, -0.1) is 0 Å². The van der Waals surface area contributed by atoms with Gasteiger partial charge in [-0.05, 0) is 50.4 Å². The van der Waals surface area contributed by atoms with Crippen LogP contribution in [0.2, 0.25) is 0 Å². The second kappa shape index (κ2) is 38.6. The molecule has 0 heterocycles. The third-order valence-electron chi connectivity index (χ3n) is 12.6. The molecule has 1 aliphatic carbocycles. The molecule has 0 spiro atoms. The highest BCUT2D eigenvalue weighted by molar-refractivity contribution is 5.78. The Morgan fingerprint density at radius 3 is 0.845 bits per heavy atom. The van der Waals surface area contributed by atoms with Gasteiger partial charge in [0.1, 0.15) is 0 Å². The van der Waals surface area contributed by atoms with Crippen LogP contribution in [0.25, 0.3) is 0 Å². The molecule has 336 valence electrons. The molecule has 0 bridgehead atoms. The van der Waals surface area contributed by atoms with E-state index in [2.05, 4.69) is 0 Å². The number of aliphatic carboxylic acids is 4. The van der Waals surface area contributed by atoms with Crippen LogP contribution in [-0.4, -0.2) is 44.3 Å². The Morgan fingerprint density at radius 2 is 0.603 bits per heavy atom. The molecular weight excluding hydrogens is 729 g/mol. The average Bonchev–Trinajstić information content (AvgIpc) is 3.19. The first kappa shape index (κ1) is 53.4. The molecular formula is C50H88O8. The van der Waals surface area contributed by atoms with E-state index in [4.69, 9.17) is 20.4 Å². The number of allylic oxidation sites excluding steroid dienone is 4. The Morgan fingerprint density at radius 1 is 0.362 bits per heavy atom. The molecule has 1 fully saturated rings. The molecule has 0 saturated heterocycles. The summed E-state index contributed by atoms with van der Waals surface area (Å²) in [6.45, 7) is 0. The number of carboxylic acid groups (broad SMARTS) is 4. The van der Waals surface area contributed by atoms with Gasteiger partial charge < -0.3 is 20.4 Å². The smallest absolute Gasteiger partial charge is 0.307 e. The highest BCUT2D eigenvalue weighted by Gasteiger charge is 2.21. The van der Waals surface area contributed by atoms with Gasteiger partial charge in [0.2, 0.25) is 0 Å². The fourth-order valence-electron chi connectivity index (χ4n) is 8.81. The van der Waals surface area contributed by atoms with Crippen molar-refractivity contribution in [2.75, 3.05) is 0 Å². The van der Waals surface area contributed by atoms with Crippen molar-refractivity contribution >= 4 is 23.9 Å². The molecule has 0 radical (unpaired) electrons. The van der Waals surface area contributed by atoms with E-state index in [1.54, 1.807) is 0 Å². The van der Waals surface area contributed by atoms with Crippen LogP contribution in [0.15, 0.2) is 24.3 Å². The molecule has 0 aromatic rings. The standard InChI is InChI=1S/C50H88O8/c51-47(52)41-45(49(55)56)35-31-27-23-19-15-11-7-3-1-5-9-13-17-21-25-29-33-43-37-39-44(40-38-43)34-30-26-22-18-14-10-6-2-4-8-12-16-20-24-28-32-36-46(50(57)58)42-48(53)54/h27-28,31-32,43-46H,1-26,29-30,33-42H2,(H,51,52)(H,53,54)(H,55,56)(H,57,58)/b31-27+,32-28+. The molecule has 0 aromatic carbocycles. The maximum absolute atomic E-state index is 11.1. The topological polar surface area (TPSA) is 149 Å². The Kier molecular flexibility index (Phi) is 35.5. The van der Waals surface area contributed by atoms with Crippen LogP contribution in [0.5, 0.6) is 0 Å². The number of hydrogen-bond acceptors (Lipinski definition) is 4. The summed E-state index contributed by atoms with van der Waals surface area (Å²) in [5, 5.41) is 35.8. The average molecular weight is 817 g/mol. The largest absolute Gasteiger partial charge is 0.481 e. The third-order valence-corrected chi connectivity index (χ3v) is 12.6. The molecule has 0 amide bonds. The molecule has 4 N–H and O–H groups in total. The van der Waals surface area contributed by atoms with Crippen LogP contribution in [0, 0.1) is 23.7 Å². The molecule has 8 heteroatoms. The second-order valence-electron chi connectivity index (χ2n) is 17.9. The number of unbranched alkanes of at least 4 members (excludes halogenated alkanes) is 26. The van der Waals surface area contributed by atoms with Gasteiger partial charge in [0.25, 0.3) is 0 Å². The van der Waals surface area contributed by atoms with Crippen molar-refractivity contribution in [2.24, 2.45) is 23.7 Å². The van der Waals surface area contributed by atoms with Crippen molar-refractivity contribution < 1.29 is 39.6 Å². The lowest BCUT2D eigenvalue weighted by Gasteiger charge is -2.28. The summed E-state index contributed by atoms with van der Waals surface area (Å²) in [5.74, 6) is -3.82. The predicted molar refractivity (Wildman–Crippen MR) is 238 cm³/mol. The lowest BCUT2D eigenvalue weighted by Crippen LogP contribution is -2.16. The maximum Gasteiger partial charge on any atom is 0.307 e. The Labute approximate surface area is 354 Å². The van der Waals surface area contributed by atoms with E-state index in [-0.39, 0.29) is 12.8 Å². The molecule has 0 aliphatic heterocycles. The molecule has 1 rings (SSSR count). The summed E-state index contributed by atoms with van der Waals surface area (Å²) >= 11 is 0. The number of rotatable bonds is 42. The summed E-state index contributed by atoms with van der Waals surface area (Å²) in [6.07, 6.45) is 53.4. The fraction of sp³-hybridized carbons (Fsp3) is 0.840. The minimum Gasteiger partial charge on any atom is -0.481 e. The number of carboxylic acids is 4. The van der Waals surface area contributed by atoms with Gasteiger partial charge in [-0.2, -0.15) is 0 Å². The molecule has 0 aromatic heterocycles. The molecule has 1 saturated carbocycles. The zero-order valence-corrected chi connectivity index (χ0v) is 36.9. The zero-order chi connectivity index (χ0) is 42.3. The Bertz CT molecular complexity index is 991. The number of carbonyl (C=O) groups is 4. The van der Waals surface area contributed by atoms with Crippen LogP contribution in [-0.2, 0) is 19.2 Å². The lowest BCUT2D eigenvalue weighted by molar-refractivity contribution is -0.148. The summed E-state index contributed by atoms with van der Waals surface area (Å²) in [4.78, 5) is 43.7. The van der Waals surface area contributed by atoms with Crippen molar-refractivity contribution in [2.45, 2.75) is 244 Å². The maximum atomic E-state index is 11.1. The molecule has 58 heavy (non-hydrogen) atoms. The van der Waals surface area contributed by atoms with Gasteiger partial charge in [0, 0.05) is 0 Å². The number of hydrogen-bond donors (Lipinski definition) is 4. The summed E-state index contributed by atoms with van der Waals surface area (Å²) < 4.78 is 0. The summed E-state index contributed by atoms with van der Waals surface area (Å²) in [5.41, 5.74) is 0. The fourth-order valence-corrected chi connectivity index (χ4v) is 8.81. The van der Waals surface area contributed by atoms with Crippen LogP contribution in [0.3, 0.4) is 0 Å². The second-order valence-corrected chi connectivity index (χ2v) is 17.9.